The molecule has 1 unspecified atom stereocenters. The van der Waals surface area contributed by atoms with Crippen LogP contribution in [0.1, 0.15) is 39.5 Å². The lowest BCUT2D eigenvalue weighted by atomic mass is 9.85. The molecule has 8 nitrogen and oxygen atoms in total. The third-order valence-corrected chi connectivity index (χ3v) is 6.38. The van der Waals surface area contributed by atoms with Crippen LogP contribution in [0, 0.1) is 5.92 Å². The fraction of sp³-hybridized carbons (Fsp3) is 0.667. The second-order valence-electron chi connectivity index (χ2n) is 7.58. The zero-order chi connectivity index (χ0) is 19.8. The van der Waals surface area contributed by atoms with E-state index in [0.29, 0.717) is 31.1 Å². The maximum atomic E-state index is 13.4. The van der Waals surface area contributed by atoms with Gasteiger partial charge in [0.2, 0.25) is 0 Å². The summed E-state index contributed by atoms with van der Waals surface area (Å²) in [5.41, 5.74) is -0.894. The van der Waals surface area contributed by atoms with Crippen LogP contribution in [0.5, 0.6) is 0 Å². The van der Waals surface area contributed by atoms with Crippen LogP contribution in [0.15, 0.2) is 11.6 Å². The first-order valence-corrected chi connectivity index (χ1v) is 10.2. The van der Waals surface area contributed by atoms with Gasteiger partial charge in [-0.15, -0.1) is 11.3 Å². The summed E-state index contributed by atoms with van der Waals surface area (Å²) in [5.74, 6) is -1.36. The van der Waals surface area contributed by atoms with Crippen LogP contribution in [0.4, 0.5) is 9.93 Å². The van der Waals surface area contributed by atoms with Gasteiger partial charge in [0.15, 0.2) is 5.13 Å². The molecule has 0 saturated carbocycles. The molecule has 0 bridgehead atoms. The number of urea groups is 1. The quantitative estimate of drug-likeness (QED) is 0.845. The minimum absolute atomic E-state index is 0.0978. The number of nitrogens with zero attached hydrogens (tertiary/aromatic N) is 4. The molecule has 0 radical (unpaired) electrons. The number of hydrogen-bond donors (Lipinski definition) is 1. The molecule has 0 aliphatic carbocycles. The molecule has 2 aliphatic heterocycles. The molecule has 1 aromatic heterocycles. The number of aromatic nitrogens is 1. The third kappa shape index (κ3) is 3.28. The second kappa shape index (κ2) is 7.46. The first-order chi connectivity index (χ1) is 12.8. The van der Waals surface area contributed by atoms with Crippen molar-refractivity contribution < 1.29 is 19.5 Å². The molecule has 27 heavy (non-hydrogen) atoms. The lowest BCUT2D eigenvalue weighted by Crippen LogP contribution is -2.64. The van der Waals surface area contributed by atoms with E-state index in [-0.39, 0.29) is 17.9 Å². The lowest BCUT2D eigenvalue weighted by Gasteiger charge is -2.45. The van der Waals surface area contributed by atoms with Crippen molar-refractivity contribution in [2.24, 2.45) is 5.92 Å². The summed E-state index contributed by atoms with van der Waals surface area (Å²) in [4.78, 5) is 47.1. The van der Waals surface area contributed by atoms with Crippen LogP contribution in [0.25, 0.3) is 0 Å². The molecular formula is C18H26N4O4S. The number of thiazole rings is 1. The van der Waals surface area contributed by atoms with E-state index < -0.39 is 17.6 Å². The van der Waals surface area contributed by atoms with Crippen molar-refractivity contribution in [3.8, 4) is 0 Å². The number of rotatable bonds is 4. The SMILES string of the molecule is CC(C)[C@@H](C(=O)O)N(C)C(=O)N1CCCC12CCCN(c1nccs1)C2=O. The highest BCUT2D eigenvalue weighted by Crippen LogP contribution is 2.40. The van der Waals surface area contributed by atoms with E-state index >= 15 is 0 Å². The molecule has 2 aliphatic rings. The maximum Gasteiger partial charge on any atom is 0.326 e. The number of likely N-dealkylation sites (N-methyl/N-ethyl adjacent to an activating group) is 1. The third-order valence-electron chi connectivity index (χ3n) is 5.59. The van der Waals surface area contributed by atoms with Crippen LogP contribution < -0.4 is 4.90 Å². The van der Waals surface area contributed by atoms with E-state index in [9.17, 15) is 19.5 Å². The van der Waals surface area contributed by atoms with Gasteiger partial charge in [0, 0.05) is 31.7 Å². The van der Waals surface area contributed by atoms with Gasteiger partial charge in [-0.25, -0.2) is 14.6 Å². The fourth-order valence-corrected chi connectivity index (χ4v) is 5.03. The monoisotopic (exact) mass is 394 g/mol. The first-order valence-electron chi connectivity index (χ1n) is 9.28. The first kappa shape index (κ1) is 19.6. The molecule has 3 heterocycles. The molecule has 1 N–H and O–H groups in total. The van der Waals surface area contributed by atoms with E-state index in [1.807, 2.05) is 5.38 Å². The molecule has 3 rings (SSSR count). The number of carboxylic acids is 1. The van der Waals surface area contributed by atoms with Gasteiger partial charge in [0.1, 0.15) is 11.6 Å². The second-order valence-corrected chi connectivity index (χ2v) is 8.46. The molecule has 3 amide bonds. The Labute approximate surface area is 162 Å². The fourth-order valence-electron chi connectivity index (χ4n) is 4.37. The van der Waals surface area contributed by atoms with Gasteiger partial charge in [-0.05, 0) is 31.6 Å². The van der Waals surface area contributed by atoms with Crippen molar-refractivity contribution >= 4 is 34.4 Å². The molecule has 2 saturated heterocycles. The van der Waals surface area contributed by atoms with Crippen molar-refractivity contribution in [1.82, 2.24) is 14.8 Å². The van der Waals surface area contributed by atoms with Crippen LogP contribution in [0.2, 0.25) is 0 Å². The zero-order valence-corrected chi connectivity index (χ0v) is 16.7. The number of amides is 3. The summed E-state index contributed by atoms with van der Waals surface area (Å²) >= 11 is 1.41. The number of carboxylic acid groups (broad SMARTS) is 1. The van der Waals surface area contributed by atoms with Crippen molar-refractivity contribution in [1.29, 1.82) is 0 Å². The highest BCUT2D eigenvalue weighted by atomic mass is 32.1. The predicted octanol–water partition coefficient (Wildman–Crippen LogP) is 2.27. The van der Waals surface area contributed by atoms with Crippen molar-refractivity contribution in [2.75, 3.05) is 25.0 Å². The van der Waals surface area contributed by atoms with Crippen LogP contribution in [-0.4, -0.2) is 69.5 Å². The van der Waals surface area contributed by atoms with Gasteiger partial charge < -0.3 is 14.9 Å². The average Bonchev–Trinajstić information content (AvgIpc) is 3.26. The van der Waals surface area contributed by atoms with Gasteiger partial charge in [0.25, 0.3) is 5.91 Å². The Morgan fingerprint density at radius 3 is 2.52 bits per heavy atom. The van der Waals surface area contributed by atoms with Crippen LogP contribution in [0.3, 0.4) is 0 Å². The van der Waals surface area contributed by atoms with Crippen molar-refractivity contribution in [3.05, 3.63) is 11.6 Å². The minimum atomic E-state index is -1.03. The molecule has 2 fully saturated rings. The maximum absolute atomic E-state index is 13.4. The number of aliphatic carboxylic acids is 1. The normalized spacial score (nSPS) is 23.9. The Bertz CT molecular complexity index is 723. The van der Waals surface area contributed by atoms with Gasteiger partial charge in [-0.3, -0.25) is 9.69 Å². The Balaban J connectivity index is 1.88. The van der Waals surface area contributed by atoms with E-state index in [1.165, 1.54) is 23.3 Å². The average molecular weight is 394 g/mol. The molecule has 148 valence electrons. The Morgan fingerprint density at radius 2 is 1.96 bits per heavy atom. The molecule has 2 atom stereocenters. The number of piperidine rings is 1. The summed E-state index contributed by atoms with van der Waals surface area (Å²) in [6, 6.07) is -1.31. The zero-order valence-electron chi connectivity index (χ0n) is 15.9. The molecule has 1 spiro atoms. The Kier molecular flexibility index (Phi) is 5.41. The topological polar surface area (TPSA) is 94.1 Å². The molecule has 1 aromatic rings. The lowest BCUT2D eigenvalue weighted by molar-refractivity contribution is -0.143. The predicted molar refractivity (Wildman–Crippen MR) is 102 cm³/mol. The summed E-state index contributed by atoms with van der Waals surface area (Å²) < 4.78 is 0. The standard InChI is InChI=1S/C18H26N4O4S/c1-12(2)13(14(23)24)20(3)17(26)22-10-5-7-18(22)6-4-9-21(15(18)25)16-19-8-11-27-16/h8,11-13H,4-7,9-10H2,1-3H3,(H,23,24)/t13-,18?/m0/s1. The summed E-state index contributed by atoms with van der Waals surface area (Å²) in [6.45, 7) is 4.61. The summed E-state index contributed by atoms with van der Waals surface area (Å²) in [7, 11) is 1.51. The molecule has 0 aromatic carbocycles. The van der Waals surface area contributed by atoms with Crippen molar-refractivity contribution in [3.63, 3.8) is 0 Å². The Morgan fingerprint density at radius 1 is 1.30 bits per heavy atom. The highest BCUT2D eigenvalue weighted by Gasteiger charge is 2.54. The van der Waals surface area contributed by atoms with E-state index in [0.717, 1.165) is 12.8 Å². The number of carbonyl (C=O) groups excluding carboxylic acids is 2. The summed E-state index contributed by atoms with van der Waals surface area (Å²) in [5, 5.41) is 12.0. The number of carbonyl (C=O) groups is 3. The summed E-state index contributed by atoms with van der Waals surface area (Å²) in [6.07, 6.45) is 4.39. The van der Waals surface area contributed by atoms with Gasteiger partial charge >= 0.3 is 12.0 Å². The van der Waals surface area contributed by atoms with E-state index in [2.05, 4.69) is 4.98 Å². The Hall–Kier alpha value is -2.16. The number of hydrogen-bond acceptors (Lipinski definition) is 5. The van der Waals surface area contributed by atoms with E-state index in [4.69, 9.17) is 0 Å². The van der Waals surface area contributed by atoms with Crippen LogP contribution in [-0.2, 0) is 9.59 Å². The molecular weight excluding hydrogens is 368 g/mol. The van der Waals surface area contributed by atoms with Gasteiger partial charge in [0.05, 0.1) is 0 Å². The number of anilines is 1. The largest absolute Gasteiger partial charge is 0.480 e. The van der Waals surface area contributed by atoms with Crippen LogP contribution >= 0.6 is 11.3 Å². The van der Waals surface area contributed by atoms with Gasteiger partial charge in [-0.1, -0.05) is 13.8 Å². The minimum Gasteiger partial charge on any atom is -0.480 e. The van der Waals surface area contributed by atoms with Gasteiger partial charge in [-0.2, -0.15) is 0 Å². The van der Waals surface area contributed by atoms with E-state index in [1.54, 1.807) is 29.8 Å². The number of likely N-dealkylation sites (tertiary alicyclic amines) is 1. The van der Waals surface area contributed by atoms with Crippen molar-refractivity contribution in [2.45, 2.75) is 51.1 Å². The highest BCUT2D eigenvalue weighted by molar-refractivity contribution is 7.13. The smallest absolute Gasteiger partial charge is 0.326 e. The molecule has 9 heteroatoms.